The van der Waals surface area contributed by atoms with Crippen LogP contribution < -0.4 is 5.73 Å². The van der Waals surface area contributed by atoms with E-state index in [9.17, 15) is 5.11 Å². The normalized spacial score (nSPS) is 30.2. The smallest absolute Gasteiger partial charge is 0.138 e. The Morgan fingerprint density at radius 2 is 2.20 bits per heavy atom. The zero-order valence-electron chi connectivity index (χ0n) is 11.8. The van der Waals surface area contributed by atoms with Crippen molar-refractivity contribution >= 4 is 16.7 Å². The summed E-state index contributed by atoms with van der Waals surface area (Å²) in [4.78, 5) is 4.63. The van der Waals surface area contributed by atoms with Crippen LogP contribution >= 0.6 is 0 Å². The standard InChI is InChI=1S/C16H21N3O/c1-9(20)16-18-13-8-12(17)4-5-14(13)19(16)15-7-10-2-3-11(15)6-10/h4-5,8-11,15,20H,2-3,6-7,17H2,1H3. The maximum absolute atomic E-state index is 10.1. The minimum atomic E-state index is -0.539. The number of anilines is 1. The van der Waals surface area contributed by atoms with Crippen molar-refractivity contribution < 1.29 is 5.11 Å². The minimum Gasteiger partial charge on any atom is -0.399 e. The van der Waals surface area contributed by atoms with E-state index in [-0.39, 0.29) is 0 Å². The summed E-state index contributed by atoms with van der Waals surface area (Å²) in [6, 6.07) is 6.40. The van der Waals surface area contributed by atoms with Gasteiger partial charge in [0.05, 0.1) is 11.0 Å². The van der Waals surface area contributed by atoms with Gasteiger partial charge >= 0.3 is 0 Å². The molecule has 2 bridgehead atoms. The number of nitrogens with two attached hydrogens (primary N) is 1. The molecule has 0 aliphatic heterocycles. The zero-order valence-corrected chi connectivity index (χ0v) is 11.8. The maximum Gasteiger partial charge on any atom is 0.138 e. The number of nitrogen functional groups attached to an aromatic ring is 1. The molecule has 1 heterocycles. The van der Waals surface area contributed by atoms with Crippen molar-refractivity contribution in [2.75, 3.05) is 5.73 Å². The fourth-order valence-corrected chi connectivity index (χ4v) is 4.31. The third-order valence-corrected chi connectivity index (χ3v) is 5.15. The van der Waals surface area contributed by atoms with E-state index < -0.39 is 6.10 Å². The first kappa shape index (κ1) is 12.2. The Hall–Kier alpha value is -1.55. The first-order valence-corrected chi connectivity index (χ1v) is 7.59. The second-order valence-electron chi connectivity index (χ2n) is 6.51. The number of hydrogen-bond donors (Lipinski definition) is 2. The van der Waals surface area contributed by atoms with Crippen molar-refractivity contribution in [3.63, 3.8) is 0 Å². The topological polar surface area (TPSA) is 64.1 Å². The van der Waals surface area contributed by atoms with Gasteiger partial charge in [-0.05, 0) is 56.2 Å². The van der Waals surface area contributed by atoms with E-state index in [1.807, 2.05) is 12.1 Å². The lowest BCUT2D eigenvalue weighted by molar-refractivity contribution is 0.176. The van der Waals surface area contributed by atoms with E-state index in [0.29, 0.717) is 6.04 Å². The predicted molar refractivity (Wildman–Crippen MR) is 79.3 cm³/mol. The van der Waals surface area contributed by atoms with Crippen LogP contribution in [-0.2, 0) is 0 Å². The second kappa shape index (κ2) is 4.22. The summed E-state index contributed by atoms with van der Waals surface area (Å²) in [5.41, 5.74) is 8.61. The highest BCUT2D eigenvalue weighted by atomic mass is 16.3. The molecule has 2 aliphatic rings. The molecule has 0 amide bonds. The van der Waals surface area contributed by atoms with Crippen molar-refractivity contribution in [2.45, 2.75) is 44.8 Å². The lowest BCUT2D eigenvalue weighted by atomic mass is 9.94. The Bertz CT molecular complexity index is 661. The first-order valence-electron chi connectivity index (χ1n) is 7.59. The second-order valence-corrected chi connectivity index (χ2v) is 6.51. The Morgan fingerprint density at radius 1 is 1.35 bits per heavy atom. The average Bonchev–Trinajstić information content (AvgIpc) is 3.09. The van der Waals surface area contributed by atoms with E-state index in [1.165, 1.54) is 25.7 Å². The summed E-state index contributed by atoms with van der Waals surface area (Å²) in [7, 11) is 0. The summed E-state index contributed by atoms with van der Waals surface area (Å²) in [6.45, 7) is 1.80. The van der Waals surface area contributed by atoms with Gasteiger partial charge < -0.3 is 15.4 Å². The van der Waals surface area contributed by atoms with Crippen LogP contribution in [-0.4, -0.2) is 14.7 Å². The number of aliphatic hydroxyl groups is 1. The summed E-state index contributed by atoms with van der Waals surface area (Å²) in [5, 5.41) is 10.1. The van der Waals surface area contributed by atoms with Crippen molar-refractivity contribution in [1.82, 2.24) is 9.55 Å². The number of fused-ring (bicyclic) bond motifs is 3. The van der Waals surface area contributed by atoms with Crippen LogP contribution in [0.1, 0.15) is 50.6 Å². The van der Waals surface area contributed by atoms with Crippen LogP contribution in [0.3, 0.4) is 0 Å². The molecule has 106 valence electrons. The molecule has 1 aromatic carbocycles. The number of benzene rings is 1. The van der Waals surface area contributed by atoms with Gasteiger partial charge in [-0.1, -0.05) is 6.42 Å². The molecule has 0 spiro atoms. The number of imidazole rings is 1. The highest BCUT2D eigenvalue weighted by molar-refractivity contribution is 5.80. The van der Waals surface area contributed by atoms with Crippen molar-refractivity contribution in [3.05, 3.63) is 24.0 Å². The summed E-state index contributed by atoms with van der Waals surface area (Å²) in [5.74, 6) is 2.42. The lowest BCUT2D eigenvalue weighted by Crippen LogP contribution is -2.19. The Morgan fingerprint density at radius 3 is 2.85 bits per heavy atom. The molecule has 0 radical (unpaired) electrons. The van der Waals surface area contributed by atoms with Crippen LogP contribution in [0.15, 0.2) is 18.2 Å². The third-order valence-electron chi connectivity index (χ3n) is 5.15. The Kier molecular flexibility index (Phi) is 2.58. The molecule has 20 heavy (non-hydrogen) atoms. The predicted octanol–water partition coefficient (Wildman–Crippen LogP) is 3.03. The zero-order chi connectivity index (χ0) is 13.9. The fourth-order valence-electron chi connectivity index (χ4n) is 4.31. The van der Waals surface area contributed by atoms with E-state index in [4.69, 9.17) is 5.73 Å². The molecule has 4 atom stereocenters. The molecular weight excluding hydrogens is 250 g/mol. The van der Waals surface area contributed by atoms with Crippen molar-refractivity contribution in [2.24, 2.45) is 11.8 Å². The molecule has 4 rings (SSSR count). The number of hydrogen-bond acceptors (Lipinski definition) is 3. The summed E-state index contributed by atoms with van der Waals surface area (Å²) < 4.78 is 2.29. The van der Waals surface area contributed by atoms with Gasteiger partial charge in [0.1, 0.15) is 11.9 Å². The third kappa shape index (κ3) is 1.67. The molecule has 4 heteroatoms. The van der Waals surface area contributed by atoms with Crippen LogP contribution in [0, 0.1) is 11.8 Å². The van der Waals surface area contributed by atoms with Gasteiger partial charge in [0.2, 0.25) is 0 Å². The SMILES string of the molecule is CC(O)c1nc2cc(N)ccc2n1C1CC2CCC1C2. The molecule has 2 aromatic rings. The van der Waals surface area contributed by atoms with Crippen LogP contribution in [0.25, 0.3) is 11.0 Å². The molecule has 3 N–H and O–H groups in total. The molecule has 1 aromatic heterocycles. The monoisotopic (exact) mass is 271 g/mol. The van der Waals surface area contributed by atoms with Crippen LogP contribution in [0.5, 0.6) is 0 Å². The van der Waals surface area contributed by atoms with Crippen LogP contribution in [0.2, 0.25) is 0 Å². The molecular formula is C16H21N3O. The van der Waals surface area contributed by atoms with Crippen molar-refractivity contribution in [1.29, 1.82) is 0 Å². The molecule has 2 aliphatic carbocycles. The number of rotatable bonds is 2. The van der Waals surface area contributed by atoms with Crippen LogP contribution in [0.4, 0.5) is 5.69 Å². The quantitative estimate of drug-likeness (QED) is 0.825. The van der Waals surface area contributed by atoms with Crippen molar-refractivity contribution in [3.8, 4) is 0 Å². The highest BCUT2D eigenvalue weighted by Gasteiger charge is 2.41. The fraction of sp³-hybridized carbons (Fsp3) is 0.562. The highest BCUT2D eigenvalue weighted by Crippen LogP contribution is 2.52. The van der Waals surface area contributed by atoms with Gasteiger partial charge in [0.15, 0.2) is 0 Å². The summed E-state index contributed by atoms with van der Waals surface area (Å²) in [6.07, 6.45) is 4.75. The van der Waals surface area contributed by atoms with Gasteiger partial charge in [0, 0.05) is 11.7 Å². The largest absolute Gasteiger partial charge is 0.399 e. The Labute approximate surface area is 118 Å². The summed E-state index contributed by atoms with van der Waals surface area (Å²) >= 11 is 0. The molecule has 4 unspecified atom stereocenters. The molecule has 2 fully saturated rings. The Balaban J connectivity index is 1.90. The lowest BCUT2D eigenvalue weighted by Gasteiger charge is -2.26. The molecule has 4 nitrogen and oxygen atoms in total. The maximum atomic E-state index is 10.1. The molecule has 2 saturated carbocycles. The van der Waals surface area contributed by atoms with Gasteiger partial charge in [-0.3, -0.25) is 0 Å². The van der Waals surface area contributed by atoms with E-state index in [2.05, 4.69) is 15.6 Å². The number of aromatic nitrogens is 2. The van der Waals surface area contributed by atoms with E-state index >= 15 is 0 Å². The van der Waals surface area contributed by atoms with Gasteiger partial charge in [-0.15, -0.1) is 0 Å². The van der Waals surface area contributed by atoms with Gasteiger partial charge in [-0.2, -0.15) is 0 Å². The van der Waals surface area contributed by atoms with Gasteiger partial charge in [-0.25, -0.2) is 4.98 Å². The van der Waals surface area contributed by atoms with E-state index in [0.717, 1.165) is 34.4 Å². The minimum absolute atomic E-state index is 0.506. The van der Waals surface area contributed by atoms with E-state index in [1.54, 1.807) is 6.92 Å². The first-order chi connectivity index (χ1) is 9.63. The number of aliphatic hydroxyl groups excluding tert-OH is 1. The number of nitrogens with zero attached hydrogens (tertiary/aromatic N) is 2. The molecule has 0 saturated heterocycles. The van der Waals surface area contributed by atoms with Gasteiger partial charge in [0.25, 0.3) is 0 Å². The average molecular weight is 271 g/mol.